The first-order valence-electron chi connectivity index (χ1n) is 6.76. The van der Waals surface area contributed by atoms with Crippen LogP contribution in [0.15, 0.2) is 0 Å². The molecule has 0 bridgehead atoms. The van der Waals surface area contributed by atoms with Gasteiger partial charge in [-0.3, -0.25) is 4.79 Å². The monoisotopic (exact) mass is 228 g/mol. The average Bonchev–Trinajstić information content (AvgIpc) is 2.32. The summed E-state index contributed by atoms with van der Waals surface area (Å²) in [7, 11) is 0. The van der Waals surface area contributed by atoms with Crippen LogP contribution in [0, 0.1) is 11.8 Å². The Morgan fingerprint density at radius 1 is 1.19 bits per heavy atom. The Hall–Kier alpha value is -0.370. The third-order valence-corrected chi connectivity index (χ3v) is 3.30. The molecule has 0 amide bonds. The number of carbonyl (C=O) groups is 1. The second-order valence-electron chi connectivity index (χ2n) is 4.71. The van der Waals surface area contributed by atoms with Crippen LogP contribution in [-0.4, -0.2) is 19.0 Å². The Bertz CT molecular complexity index is 178. The minimum absolute atomic E-state index is 0.149. The fraction of sp³-hybridized carbons (Fsp3) is 0.929. The first kappa shape index (κ1) is 15.6. The van der Waals surface area contributed by atoms with E-state index >= 15 is 0 Å². The van der Waals surface area contributed by atoms with Gasteiger partial charge in [0.15, 0.2) is 5.78 Å². The third-order valence-electron chi connectivity index (χ3n) is 3.30. The standard InChI is InChI=1S/C14H28O2/c1-5-8-9-13(7-3)10-16-11-14(15)12(4)6-2/h12-13H,5-11H2,1-4H3. The molecule has 0 aliphatic heterocycles. The fourth-order valence-electron chi connectivity index (χ4n) is 1.59. The molecule has 0 saturated carbocycles. The first-order valence-corrected chi connectivity index (χ1v) is 6.76. The Morgan fingerprint density at radius 2 is 1.88 bits per heavy atom. The van der Waals surface area contributed by atoms with Crippen molar-refractivity contribution in [3.8, 4) is 0 Å². The smallest absolute Gasteiger partial charge is 0.161 e. The molecule has 2 nitrogen and oxygen atoms in total. The highest BCUT2D eigenvalue weighted by atomic mass is 16.5. The highest BCUT2D eigenvalue weighted by Crippen LogP contribution is 2.13. The minimum Gasteiger partial charge on any atom is -0.373 e. The summed E-state index contributed by atoms with van der Waals surface area (Å²) in [6.07, 6.45) is 5.79. The van der Waals surface area contributed by atoms with Crippen LogP contribution < -0.4 is 0 Å². The minimum atomic E-state index is 0.149. The number of Topliss-reactive ketones (excluding diaryl/α,β-unsaturated/α-hetero) is 1. The van der Waals surface area contributed by atoms with Crippen LogP contribution in [0.25, 0.3) is 0 Å². The van der Waals surface area contributed by atoms with Gasteiger partial charge in [0, 0.05) is 12.5 Å². The van der Waals surface area contributed by atoms with Crippen molar-refractivity contribution in [3.05, 3.63) is 0 Å². The number of carbonyl (C=O) groups excluding carboxylic acids is 1. The zero-order valence-corrected chi connectivity index (χ0v) is 11.4. The first-order chi connectivity index (χ1) is 7.65. The lowest BCUT2D eigenvalue weighted by atomic mass is 10.0. The quantitative estimate of drug-likeness (QED) is 0.568. The van der Waals surface area contributed by atoms with Gasteiger partial charge in [-0.15, -0.1) is 0 Å². The van der Waals surface area contributed by atoms with Crippen molar-refractivity contribution in [3.63, 3.8) is 0 Å². The number of ketones is 1. The molecular formula is C14H28O2. The highest BCUT2D eigenvalue weighted by molar-refractivity contribution is 5.81. The van der Waals surface area contributed by atoms with Gasteiger partial charge in [0.05, 0.1) is 0 Å². The van der Waals surface area contributed by atoms with E-state index < -0.39 is 0 Å². The fourth-order valence-corrected chi connectivity index (χ4v) is 1.59. The van der Waals surface area contributed by atoms with Gasteiger partial charge in [-0.2, -0.15) is 0 Å². The van der Waals surface area contributed by atoms with Crippen molar-refractivity contribution in [1.82, 2.24) is 0 Å². The number of hydrogen-bond acceptors (Lipinski definition) is 2. The molecule has 0 N–H and O–H groups in total. The summed E-state index contributed by atoms with van der Waals surface area (Å²) < 4.78 is 5.52. The van der Waals surface area contributed by atoms with Crippen LogP contribution in [0.5, 0.6) is 0 Å². The number of rotatable bonds is 10. The van der Waals surface area contributed by atoms with E-state index in [4.69, 9.17) is 4.74 Å². The van der Waals surface area contributed by atoms with Crippen LogP contribution >= 0.6 is 0 Å². The molecule has 16 heavy (non-hydrogen) atoms. The van der Waals surface area contributed by atoms with Gasteiger partial charge in [0.25, 0.3) is 0 Å². The molecule has 0 aromatic heterocycles. The summed E-state index contributed by atoms with van der Waals surface area (Å²) in [6.45, 7) is 9.47. The maximum absolute atomic E-state index is 11.5. The van der Waals surface area contributed by atoms with Crippen LogP contribution in [0.4, 0.5) is 0 Å². The van der Waals surface area contributed by atoms with Gasteiger partial charge < -0.3 is 4.74 Å². The maximum Gasteiger partial charge on any atom is 0.161 e. The molecule has 0 aliphatic rings. The number of ether oxygens (including phenoxy) is 1. The zero-order valence-electron chi connectivity index (χ0n) is 11.4. The van der Waals surface area contributed by atoms with Crippen molar-refractivity contribution in [2.24, 2.45) is 11.8 Å². The summed E-state index contributed by atoms with van der Waals surface area (Å²) in [4.78, 5) is 11.5. The topological polar surface area (TPSA) is 26.3 Å². The van der Waals surface area contributed by atoms with Crippen molar-refractivity contribution in [1.29, 1.82) is 0 Å². The van der Waals surface area contributed by atoms with Crippen molar-refractivity contribution >= 4 is 5.78 Å². The van der Waals surface area contributed by atoms with E-state index in [0.29, 0.717) is 12.5 Å². The van der Waals surface area contributed by atoms with E-state index in [0.717, 1.165) is 19.4 Å². The number of hydrogen-bond donors (Lipinski definition) is 0. The van der Waals surface area contributed by atoms with Crippen molar-refractivity contribution < 1.29 is 9.53 Å². The Morgan fingerprint density at radius 3 is 2.38 bits per heavy atom. The molecule has 0 aromatic rings. The molecule has 0 rings (SSSR count). The van der Waals surface area contributed by atoms with Crippen LogP contribution in [-0.2, 0) is 9.53 Å². The molecule has 0 radical (unpaired) electrons. The summed E-state index contributed by atoms with van der Waals surface area (Å²) in [5.41, 5.74) is 0. The highest BCUT2D eigenvalue weighted by Gasteiger charge is 2.12. The van der Waals surface area contributed by atoms with Crippen LogP contribution in [0.2, 0.25) is 0 Å². The predicted molar refractivity (Wildman–Crippen MR) is 68.6 cm³/mol. The van der Waals surface area contributed by atoms with E-state index in [1.54, 1.807) is 0 Å². The zero-order chi connectivity index (χ0) is 12.4. The van der Waals surface area contributed by atoms with Gasteiger partial charge in [0.2, 0.25) is 0 Å². The SMILES string of the molecule is CCCCC(CC)COCC(=O)C(C)CC. The average molecular weight is 228 g/mol. The lowest BCUT2D eigenvalue weighted by Gasteiger charge is -2.15. The normalized spacial score (nSPS) is 14.8. The van der Waals surface area contributed by atoms with E-state index in [1.807, 2.05) is 13.8 Å². The molecular weight excluding hydrogens is 200 g/mol. The van der Waals surface area contributed by atoms with E-state index in [1.165, 1.54) is 19.3 Å². The van der Waals surface area contributed by atoms with E-state index in [9.17, 15) is 4.79 Å². The second kappa shape index (κ2) is 9.83. The van der Waals surface area contributed by atoms with E-state index in [2.05, 4.69) is 13.8 Å². The van der Waals surface area contributed by atoms with E-state index in [-0.39, 0.29) is 11.7 Å². The van der Waals surface area contributed by atoms with Crippen molar-refractivity contribution in [2.75, 3.05) is 13.2 Å². The Kier molecular flexibility index (Phi) is 9.60. The molecule has 0 aromatic carbocycles. The molecule has 2 unspecified atom stereocenters. The summed E-state index contributed by atoms with van der Waals surface area (Å²) in [6, 6.07) is 0. The molecule has 0 saturated heterocycles. The molecule has 2 atom stereocenters. The van der Waals surface area contributed by atoms with Gasteiger partial charge in [0.1, 0.15) is 6.61 Å². The van der Waals surface area contributed by atoms with Gasteiger partial charge in [-0.25, -0.2) is 0 Å². The predicted octanol–water partition coefficient (Wildman–Crippen LogP) is 3.83. The van der Waals surface area contributed by atoms with Crippen LogP contribution in [0.1, 0.15) is 59.8 Å². The third kappa shape index (κ3) is 7.00. The Balaban J connectivity index is 3.65. The second-order valence-corrected chi connectivity index (χ2v) is 4.71. The lowest BCUT2D eigenvalue weighted by Crippen LogP contribution is -2.19. The molecule has 2 heteroatoms. The van der Waals surface area contributed by atoms with Gasteiger partial charge in [-0.1, -0.05) is 47.0 Å². The molecule has 0 aliphatic carbocycles. The summed E-state index contributed by atoms with van der Waals surface area (Å²) in [5, 5.41) is 0. The lowest BCUT2D eigenvalue weighted by molar-refractivity contribution is -0.127. The van der Waals surface area contributed by atoms with Crippen LogP contribution in [0.3, 0.4) is 0 Å². The summed E-state index contributed by atoms with van der Waals surface area (Å²) >= 11 is 0. The van der Waals surface area contributed by atoms with Crippen molar-refractivity contribution in [2.45, 2.75) is 59.8 Å². The summed E-state index contributed by atoms with van der Waals surface area (Å²) in [5.74, 6) is 1.02. The largest absolute Gasteiger partial charge is 0.373 e. The molecule has 0 heterocycles. The molecule has 0 spiro atoms. The Labute approximate surface area is 101 Å². The van der Waals surface area contributed by atoms with Gasteiger partial charge >= 0.3 is 0 Å². The number of unbranched alkanes of at least 4 members (excludes halogenated alkanes) is 1. The molecule has 0 fully saturated rings. The molecule has 96 valence electrons. The van der Waals surface area contributed by atoms with Gasteiger partial charge in [-0.05, 0) is 18.8 Å². The maximum atomic E-state index is 11.5.